The largest absolute Gasteiger partial charge is 0.325 e. The Balaban J connectivity index is 1.82. The number of carbonyl (C=O) groups is 3. The molecule has 0 saturated carbocycles. The number of rotatable bonds is 7. The van der Waals surface area contributed by atoms with Crippen molar-refractivity contribution < 1.29 is 19.3 Å². The lowest BCUT2D eigenvalue weighted by molar-refractivity contribution is -0.384. The fraction of sp³-hybridized carbons (Fsp3) is 0.286. The lowest BCUT2D eigenvalue weighted by Crippen LogP contribution is -2.44. The van der Waals surface area contributed by atoms with Crippen LogP contribution in [0.1, 0.15) is 30.9 Å². The molecule has 2 aromatic carbocycles. The fourth-order valence-electron chi connectivity index (χ4n) is 3.61. The molecule has 2 aromatic rings. The van der Waals surface area contributed by atoms with Gasteiger partial charge in [-0.2, -0.15) is 0 Å². The predicted molar refractivity (Wildman–Crippen MR) is 110 cm³/mol. The third-order valence-corrected chi connectivity index (χ3v) is 4.99. The highest BCUT2D eigenvalue weighted by molar-refractivity contribution is 6.10. The van der Waals surface area contributed by atoms with E-state index in [-0.39, 0.29) is 11.4 Å². The summed E-state index contributed by atoms with van der Waals surface area (Å²) in [6.07, 6.45) is 1.01. The van der Waals surface area contributed by atoms with Gasteiger partial charge in [-0.15, -0.1) is 0 Å². The lowest BCUT2D eigenvalue weighted by atomic mass is 9.85. The number of benzene rings is 2. The number of nitro benzene ring substituents is 1. The van der Waals surface area contributed by atoms with Crippen LogP contribution < -0.4 is 10.6 Å². The van der Waals surface area contributed by atoms with Crippen LogP contribution in [0.15, 0.2) is 48.5 Å². The summed E-state index contributed by atoms with van der Waals surface area (Å²) in [5, 5.41) is 16.4. The van der Waals surface area contributed by atoms with Crippen molar-refractivity contribution in [1.29, 1.82) is 0 Å². The highest BCUT2D eigenvalue weighted by Gasteiger charge is 2.52. The second kappa shape index (κ2) is 8.32. The minimum atomic E-state index is -1.23. The van der Waals surface area contributed by atoms with Crippen molar-refractivity contribution in [3.8, 4) is 0 Å². The summed E-state index contributed by atoms with van der Waals surface area (Å²) >= 11 is 0. The average Bonchev–Trinajstić information content (AvgIpc) is 2.95. The zero-order chi connectivity index (χ0) is 21.9. The summed E-state index contributed by atoms with van der Waals surface area (Å²) in [4.78, 5) is 49.8. The number of nitrogens with zero attached hydrogens (tertiary/aromatic N) is 2. The van der Waals surface area contributed by atoms with E-state index < -0.39 is 34.9 Å². The van der Waals surface area contributed by atoms with Gasteiger partial charge in [-0.05, 0) is 30.5 Å². The standard InChI is InChI=1S/C21H22N4O5/c1-3-11-21(15-7-5-4-6-8-15)19(27)24(20(28)23-21)13-18(26)22-16-10-9-14(2)12-17(16)25(29)30/h4-10,12H,3,11,13H2,1-2H3,(H,22,26)(H,23,28). The second-order valence-corrected chi connectivity index (χ2v) is 7.17. The maximum absolute atomic E-state index is 13.2. The van der Waals surface area contributed by atoms with E-state index in [1.165, 1.54) is 12.1 Å². The van der Waals surface area contributed by atoms with E-state index in [1.54, 1.807) is 37.3 Å². The molecule has 0 bridgehead atoms. The van der Waals surface area contributed by atoms with Gasteiger partial charge in [0.05, 0.1) is 4.92 Å². The first kappa shape index (κ1) is 21.0. The molecule has 1 fully saturated rings. The molecule has 9 heteroatoms. The molecule has 2 N–H and O–H groups in total. The topological polar surface area (TPSA) is 122 Å². The van der Waals surface area contributed by atoms with Crippen molar-refractivity contribution >= 4 is 29.2 Å². The van der Waals surface area contributed by atoms with Gasteiger partial charge in [-0.3, -0.25) is 24.6 Å². The molecule has 0 aliphatic carbocycles. The molecule has 1 atom stereocenters. The van der Waals surface area contributed by atoms with E-state index in [1.807, 2.05) is 13.0 Å². The molecule has 0 spiro atoms. The summed E-state index contributed by atoms with van der Waals surface area (Å²) in [5.74, 6) is -1.22. The molecule has 9 nitrogen and oxygen atoms in total. The van der Waals surface area contributed by atoms with Crippen molar-refractivity contribution in [2.75, 3.05) is 11.9 Å². The van der Waals surface area contributed by atoms with Gasteiger partial charge in [0.1, 0.15) is 17.8 Å². The van der Waals surface area contributed by atoms with E-state index >= 15 is 0 Å². The van der Waals surface area contributed by atoms with Gasteiger partial charge in [-0.25, -0.2) is 4.79 Å². The summed E-state index contributed by atoms with van der Waals surface area (Å²) < 4.78 is 0. The number of imide groups is 1. The Morgan fingerprint density at radius 2 is 1.90 bits per heavy atom. The van der Waals surface area contributed by atoms with Crippen LogP contribution in [0, 0.1) is 17.0 Å². The monoisotopic (exact) mass is 410 g/mol. The van der Waals surface area contributed by atoms with Crippen LogP contribution in [0.3, 0.4) is 0 Å². The Kier molecular flexibility index (Phi) is 5.81. The zero-order valence-electron chi connectivity index (χ0n) is 16.7. The van der Waals surface area contributed by atoms with Gasteiger partial charge in [0.2, 0.25) is 5.91 Å². The van der Waals surface area contributed by atoms with Crippen LogP contribution >= 0.6 is 0 Å². The van der Waals surface area contributed by atoms with Gasteiger partial charge < -0.3 is 10.6 Å². The number of amides is 4. The predicted octanol–water partition coefficient (Wildman–Crippen LogP) is 3.09. The van der Waals surface area contributed by atoms with Crippen molar-refractivity contribution in [1.82, 2.24) is 10.2 Å². The van der Waals surface area contributed by atoms with Gasteiger partial charge in [0.15, 0.2) is 0 Å². The summed E-state index contributed by atoms with van der Waals surface area (Å²) in [5.41, 5.74) is -0.178. The summed E-state index contributed by atoms with van der Waals surface area (Å²) in [6, 6.07) is 12.6. The smallest absolute Gasteiger partial charge is 0.319 e. The number of nitro groups is 1. The Hall–Kier alpha value is -3.75. The van der Waals surface area contributed by atoms with Crippen molar-refractivity contribution in [2.24, 2.45) is 0 Å². The highest BCUT2D eigenvalue weighted by atomic mass is 16.6. The first-order chi connectivity index (χ1) is 14.3. The molecule has 30 heavy (non-hydrogen) atoms. The van der Waals surface area contributed by atoms with Crippen LogP contribution in [0.25, 0.3) is 0 Å². The van der Waals surface area contributed by atoms with E-state index in [2.05, 4.69) is 10.6 Å². The van der Waals surface area contributed by atoms with Crippen LogP contribution in [-0.4, -0.2) is 34.2 Å². The van der Waals surface area contributed by atoms with Crippen LogP contribution in [-0.2, 0) is 15.1 Å². The Morgan fingerprint density at radius 1 is 1.20 bits per heavy atom. The van der Waals surface area contributed by atoms with E-state index in [0.717, 1.165) is 4.90 Å². The summed E-state index contributed by atoms with van der Waals surface area (Å²) in [6.45, 7) is 3.05. The number of carbonyl (C=O) groups excluding carboxylic acids is 3. The number of nitrogens with one attached hydrogen (secondary N) is 2. The quantitative estimate of drug-likeness (QED) is 0.413. The molecule has 1 saturated heterocycles. The Labute approximate surface area is 173 Å². The van der Waals surface area contributed by atoms with Crippen LogP contribution in [0.2, 0.25) is 0 Å². The van der Waals surface area contributed by atoms with Crippen molar-refractivity contribution in [3.63, 3.8) is 0 Å². The molecular weight excluding hydrogens is 388 g/mol. The van der Waals surface area contributed by atoms with Crippen molar-refractivity contribution in [3.05, 3.63) is 69.8 Å². The molecule has 4 amide bonds. The maximum Gasteiger partial charge on any atom is 0.325 e. The number of urea groups is 1. The first-order valence-corrected chi connectivity index (χ1v) is 9.53. The minimum Gasteiger partial charge on any atom is -0.319 e. The summed E-state index contributed by atoms with van der Waals surface area (Å²) in [7, 11) is 0. The SMILES string of the molecule is CCCC1(c2ccccc2)NC(=O)N(CC(=O)Nc2ccc(C)cc2[N+](=O)[O-])C1=O. The van der Waals surface area contributed by atoms with Gasteiger partial charge in [0.25, 0.3) is 11.6 Å². The normalized spacial score (nSPS) is 18.3. The zero-order valence-corrected chi connectivity index (χ0v) is 16.7. The van der Waals surface area contributed by atoms with E-state index in [0.29, 0.717) is 24.0 Å². The Morgan fingerprint density at radius 3 is 2.53 bits per heavy atom. The Bertz CT molecular complexity index is 1010. The number of hydrogen-bond acceptors (Lipinski definition) is 5. The fourth-order valence-corrected chi connectivity index (χ4v) is 3.61. The third kappa shape index (κ3) is 3.86. The van der Waals surface area contributed by atoms with E-state index in [4.69, 9.17) is 0 Å². The van der Waals surface area contributed by atoms with Gasteiger partial charge in [-0.1, -0.05) is 49.7 Å². The molecular formula is C21H22N4O5. The molecule has 3 rings (SSSR count). The number of hydrogen-bond donors (Lipinski definition) is 2. The second-order valence-electron chi connectivity index (χ2n) is 7.17. The first-order valence-electron chi connectivity index (χ1n) is 9.53. The van der Waals surface area contributed by atoms with E-state index in [9.17, 15) is 24.5 Å². The molecule has 1 unspecified atom stereocenters. The molecule has 0 radical (unpaired) electrons. The lowest BCUT2D eigenvalue weighted by Gasteiger charge is -2.26. The molecule has 1 aliphatic rings. The molecule has 0 aromatic heterocycles. The minimum absolute atomic E-state index is 0.00512. The van der Waals surface area contributed by atoms with Crippen LogP contribution in [0.5, 0.6) is 0 Å². The number of anilines is 1. The molecule has 1 heterocycles. The highest BCUT2D eigenvalue weighted by Crippen LogP contribution is 2.33. The van der Waals surface area contributed by atoms with Gasteiger partial charge >= 0.3 is 6.03 Å². The molecule has 1 aliphatic heterocycles. The van der Waals surface area contributed by atoms with Gasteiger partial charge in [0, 0.05) is 6.07 Å². The average molecular weight is 410 g/mol. The number of aryl methyl sites for hydroxylation is 1. The third-order valence-electron chi connectivity index (χ3n) is 4.99. The van der Waals surface area contributed by atoms with Crippen molar-refractivity contribution in [2.45, 2.75) is 32.2 Å². The maximum atomic E-state index is 13.2. The van der Waals surface area contributed by atoms with Crippen LogP contribution in [0.4, 0.5) is 16.2 Å². The molecule has 156 valence electrons.